The summed E-state index contributed by atoms with van der Waals surface area (Å²) >= 11 is 0. The lowest BCUT2D eigenvalue weighted by Gasteiger charge is -2.11. The lowest BCUT2D eigenvalue weighted by atomic mass is 10.2. The van der Waals surface area contributed by atoms with E-state index >= 15 is 0 Å². The van der Waals surface area contributed by atoms with Gasteiger partial charge in [0.2, 0.25) is 0 Å². The van der Waals surface area contributed by atoms with Crippen LogP contribution in [0.4, 0.5) is 11.5 Å². The van der Waals surface area contributed by atoms with Gasteiger partial charge in [-0.05, 0) is 38.6 Å². The number of aromatic nitrogens is 2. The van der Waals surface area contributed by atoms with Gasteiger partial charge in [-0.3, -0.25) is 18.9 Å². The van der Waals surface area contributed by atoms with E-state index in [-0.39, 0.29) is 11.5 Å². The molecule has 0 spiro atoms. The second-order valence-electron chi connectivity index (χ2n) is 6.22. The summed E-state index contributed by atoms with van der Waals surface area (Å²) in [6.07, 6.45) is 3.72. The van der Waals surface area contributed by atoms with E-state index in [0.717, 1.165) is 29.6 Å². The van der Waals surface area contributed by atoms with Crippen molar-refractivity contribution in [2.75, 3.05) is 0 Å². The number of aliphatic imine (C=N–C) groups is 2. The second-order valence-corrected chi connectivity index (χ2v) is 6.22. The molecule has 0 unspecified atom stereocenters. The normalized spacial score (nSPS) is 11.5. The molecule has 7 heteroatoms. The van der Waals surface area contributed by atoms with Crippen molar-refractivity contribution in [3.63, 3.8) is 0 Å². The van der Waals surface area contributed by atoms with Crippen molar-refractivity contribution in [3.8, 4) is 0 Å². The number of aryl methyl sites for hydroxylation is 1. The third-order valence-corrected chi connectivity index (χ3v) is 4.44. The fourth-order valence-electron chi connectivity index (χ4n) is 3.08. The summed E-state index contributed by atoms with van der Waals surface area (Å²) in [5.74, 6) is 1.12. The largest absolute Gasteiger partial charge is 0.461 e. The minimum absolute atomic E-state index is 0.0903. The predicted molar refractivity (Wildman–Crippen MR) is 108 cm³/mol. The van der Waals surface area contributed by atoms with Gasteiger partial charge in [-0.15, -0.1) is 0 Å². The number of para-hydroxylation sites is 1. The number of hydrogen-bond donors (Lipinski definition) is 0. The molecule has 140 valence electrons. The molecule has 2 aromatic heterocycles. The number of unbranched alkanes of at least 4 members (excludes halogenated alkanes) is 1. The first-order chi connectivity index (χ1) is 13.1. The van der Waals surface area contributed by atoms with Crippen molar-refractivity contribution in [1.82, 2.24) is 9.13 Å². The van der Waals surface area contributed by atoms with Gasteiger partial charge < -0.3 is 4.42 Å². The number of benzene rings is 1. The number of nitrogens with zero attached hydrogens (tertiary/aromatic N) is 4. The molecule has 27 heavy (non-hydrogen) atoms. The molecule has 0 radical (unpaired) electrons. The van der Waals surface area contributed by atoms with E-state index in [4.69, 9.17) is 4.42 Å². The van der Waals surface area contributed by atoms with E-state index < -0.39 is 11.2 Å². The molecule has 0 aliphatic heterocycles. The van der Waals surface area contributed by atoms with Crippen molar-refractivity contribution in [2.24, 2.45) is 17.0 Å². The van der Waals surface area contributed by atoms with E-state index in [1.165, 1.54) is 15.3 Å². The van der Waals surface area contributed by atoms with Gasteiger partial charge in [0.25, 0.3) is 5.56 Å². The molecule has 3 aromatic rings. The Hall–Kier alpha value is -3.22. The zero-order valence-corrected chi connectivity index (χ0v) is 15.5. The first kappa shape index (κ1) is 18.6. The average Bonchev–Trinajstić information content (AvgIpc) is 3.08. The standard InChI is InChI=1S/C20H22N4O3/c1-4-22-18-17(21-2)19(25)24(20(26)23(18)3)12-8-7-10-15-13-14-9-5-6-11-16(14)27-15/h4-6,9,11,13H,2,7-8,10,12H2,1,3H3/b22-4-. The van der Waals surface area contributed by atoms with Crippen LogP contribution in [0.1, 0.15) is 25.5 Å². The summed E-state index contributed by atoms with van der Waals surface area (Å²) in [4.78, 5) is 32.9. The molecule has 0 aliphatic carbocycles. The van der Waals surface area contributed by atoms with Gasteiger partial charge in [0, 0.05) is 31.6 Å². The van der Waals surface area contributed by atoms with Crippen LogP contribution in [0.15, 0.2) is 54.3 Å². The Morgan fingerprint density at radius 2 is 2.00 bits per heavy atom. The SMILES string of the molecule is C=Nc1c(/N=C\C)n(C)c(=O)n(CCCCc2cc3ccccc3o2)c1=O. The monoisotopic (exact) mass is 366 g/mol. The Labute approximate surface area is 156 Å². The summed E-state index contributed by atoms with van der Waals surface area (Å²) in [7, 11) is 1.57. The average molecular weight is 366 g/mol. The van der Waals surface area contributed by atoms with E-state index in [1.807, 2.05) is 30.3 Å². The number of fused-ring (bicyclic) bond motifs is 1. The minimum atomic E-state index is -0.461. The van der Waals surface area contributed by atoms with E-state index in [2.05, 4.69) is 16.7 Å². The third-order valence-electron chi connectivity index (χ3n) is 4.44. The van der Waals surface area contributed by atoms with Crippen LogP contribution in [0.2, 0.25) is 0 Å². The maximum absolute atomic E-state index is 12.6. The van der Waals surface area contributed by atoms with Crippen LogP contribution in [0.3, 0.4) is 0 Å². The smallest absolute Gasteiger partial charge is 0.332 e. The maximum atomic E-state index is 12.6. The molecule has 0 atom stereocenters. The lowest BCUT2D eigenvalue weighted by molar-refractivity contribution is 0.505. The van der Waals surface area contributed by atoms with Crippen LogP contribution in [-0.4, -0.2) is 22.1 Å². The second kappa shape index (κ2) is 7.99. The Kier molecular flexibility index (Phi) is 5.49. The summed E-state index contributed by atoms with van der Waals surface area (Å²) < 4.78 is 8.31. The highest BCUT2D eigenvalue weighted by Gasteiger charge is 2.15. The topological polar surface area (TPSA) is 81.9 Å². The highest BCUT2D eigenvalue weighted by molar-refractivity contribution is 5.77. The van der Waals surface area contributed by atoms with Gasteiger partial charge in [0.1, 0.15) is 11.3 Å². The number of furan rings is 1. The van der Waals surface area contributed by atoms with Crippen LogP contribution >= 0.6 is 0 Å². The van der Waals surface area contributed by atoms with Crippen LogP contribution in [0, 0.1) is 0 Å². The van der Waals surface area contributed by atoms with Gasteiger partial charge in [0.05, 0.1) is 0 Å². The van der Waals surface area contributed by atoms with Crippen molar-refractivity contribution in [1.29, 1.82) is 0 Å². The molecule has 0 saturated carbocycles. The van der Waals surface area contributed by atoms with Crippen LogP contribution in [-0.2, 0) is 20.0 Å². The lowest BCUT2D eigenvalue weighted by Crippen LogP contribution is -2.38. The van der Waals surface area contributed by atoms with Gasteiger partial charge in [-0.25, -0.2) is 9.79 Å². The van der Waals surface area contributed by atoms with Gasteiger partial charge in [0.15, 0.2) is 11.5 Å². The molecule has 0 bridgehead atoms. The van der Waals surface area contributed by atoms with Crippen molar-refractivity contribution < 1.29 is 4.42 Å². The highest BCUT2D eigenvalue weighted by Crippen LogP contribution is 2.21. The van der Waals surface area contributed by atoms with E-state index in [9.17, 15) is 9.59 Å². The molecule has 0 fully saturated rings. The molecular weight excluding hydrogens is 344 g/mol. The number of hydrogen-bond acceptors (Lipinski definition) is 5. The molecule has 0 saturated heterocycles. The zero-order chi connectivity index (χ0) is 19.4. The molecule has 2 heterocycles. The molecule has 7 nitrogen and oxygen atoms in total. The first-order valence-electron chi connectivity index (χ1n) is 8.83. The summed E-state index contributed by atoms with van der Waals surface area (Å²) in [5, 5.41) is 1.08. The third kappa shape index (κ3) is 3.67. The first-order valence-corrected chi connectivity index (χ1v) is 8.83. The summed E-state index contributed by atoms with van der Waals surface area (Å²) in [5.41, 5.74) is 0.0908. The summed E-state index contributed by atoms with van der Waals surface area (Å²) in [6, 6.07) is 9.89. The Balaban J connectivity index is 1.74. The molecular formula is C20H22N4O3. The van der Waals surface area contributed by atoms with Crippen molar-refractivity contribution >= 4 is 35.4 Å². The Morgan fingerprint density at radius 1 is 1.22 bits per heavy atom. The fourth-order valence-corrected chi connectivity index (χ4v) is 3.08. The molecule has 0 amide bonds. The van der Waals surface area contributed by atoms with E-state index in [0.29, 0.717) is 13.0 Å². The van der Waals surface area contributed by atoms with Crippen molar-refractivity contribution in [2.45, 2.75) is 32.7 Å². The Morgan fingerprint density at radius 3 is 2.70 bits per heavy atom. The van der Waals surface area contributed by atoms with Gasteiger partial charge in [-0.2, -0.15) is 0 Å². The highest BCUT2D eigenvalue weighted by atomic mass is 16.3. The molecule has 0 aliphatic rings. The van der Waals surface area contributed by atoms with Crippen molar-refractivity contribution in [3.05, 3.63) is 56.9 Å². The van der Waals surface area contributed by atoms with E-state index in [1.54, 1.807) is 14.0 Å². The fraction of sp³-hybridized carbons (Fsp3) is 0.300. The maximum Gasteiger partial charge on any atom is 0.332 e. The summed E-state index contributed by atoms with van der Waals surface area (Å²) in [6.45, 7) is 5.46. The predicted octanol–water partition coefficient (Wildman–Crippen LogP) is 3.37. The van der Waals surface area contributed by atoms with Crippen LogP contribution in [0.5, 0.6) is 0 Å². The number of rotatable bonds is 7. The molecule has 1 aromatic carbocycles. The van der Waals surface area contributed by atoms with Crippen LogP contribution in [0.25, 0.3) is 11.0 Å². The molecule has 3 rings (SSSR count). The Bertz CT molecular complexity index is 1090. The van der Waals surface area contributed by atoms with Gasteiger partial charge in [-0.1, -0.05) is 18.2 Å². The van der Waals surface area contributed by atoms with Crippen LogP contribution < -0.4 is 11.2 Å². The molecule has 0 N–H and O–H groups in total. The zero-order valence-electron chi connectivity index (χ0n) is 15.5. The minimum Gasteiger partial charge on any atom is -0.461 e. The van der Waals surface area contributed by atoms with Gasteiger partial charge >= 0.3 is 5.69 Å². The quantitative estimate of drug-likeness (QED) is 0.475.